The minimum Gasteiger partial charge on any atom is -0.352 e. The number of para-hydroxylation sites is 2. The largest absolute Gasteiger partial charge is 0.352 e. The van der Waals surface area contributed by atoms with Gasteiger partial charge in [-0.2, -0.15) is 0 Å². The molecule has 2 aromatic heterocycles. The topological polar surface area (TPSA) is 72.7 Å². The van der Waals surface area contributed by atoms with Gasteiger partial charge in [0.2, 0.25) is 0 Å². The SMILES string of the molecule is CCn1c(CCNC(=O)c2cccc(-c3ccnc(C)n3)c2)nc2ccccc21. The molecule has 0 aliphatic heterocycles. The van der Waals surface area contributed by atoms with Crippen molar-refractivity contribution in [3.8, 4) is 11.3 Å². The molecule has 6 nitrogen and oxygen atoms in total. The molecule has 146 valence electrons. The average molecular weight is 385 g/mol. The Balaban J connectivity index is 1.45. The summed E-state index contributed by atoms with van der Waals surface area (Å²) in [5.74, 6) is 1.59. The molecule has 1 N–H and O–H groups in total. The Labute approximate surface area is 169 Å². The van der Waals surface area contributed by atoms with E-state index in [1.54, 1.807) is 6.20 Å². The summed E-state index contributed by atoms with van der Waals surface area (Å²) < 4.78 is 2.19. The van der Waals surface area contributed by atoms with Crippen LogP contribution in [0, 0.1) is 6.92 Å². The van der Waals surface area contributed by atoms with Crippen LogP contribution in [0.3, 0.4) is 0 Å². The minimum absolute atomic E-state index is 0.100. The standard InChI is InChI=1S/C23H23N5O/c1-3-28-21-10-5-4-9-20(21)27-22(28)12-14-25-23(29)18-8-6-7-17(15-18)19-11-13-24-16(2)26-19/h4-11,13,15H,3,12,14H2,1-2H3,(H,25,29). The number of hydrogen-bond donors (Lipinski definition) is 1. The number of nitrogens with zero attached hydrogens (tertiary/aromatic N) is 4. The van der Waals surface area contributed by atoms with Crippen LogP contribution in [0.4, 0.5) is 0 Å². The van der Waals surface area contributed by atoms with Crippen molar-refractivity contribution in [2.24, 2.45) is 0 Å². The van der Waals surface area contributed by atoms with Crippen molar-refractivity contribution >= 4 is 16.9 Å². The lowest BCUT2D eigenvalue weighted by molar-refractivity contribution is 0.0954. The Kier molecular flexibility index (Phi) is 5.33. The number of nitrogens with one attached hydrogen (secondary N) is 1. The number of imidazole rings is 1. The number of aromatic nitrogens is 4. The molecule has 2 aromatic carbocycles. The van der Waals surface area contributed by atoms with Crippen LogP contribution in [-0.4, -0.2) is 32.0 Å². The van der Waals surface area contributed by atoms with Crippen LogP contribution in [0.15, 0.2) is 60.8 Å². The lowest BCUT2D eigenvalue weighted by Gasteiger charge is -2.09. The molecule has 4 rings (SSSR count). The van der Waals surface area contributed by atoms with Crippen LogP contribution in [0.1, 0.15) is 28.9 Å². The van der Waals surface area contributed by atoms with Gasteiger partial charge >= 0.3 is 0 Å². The molecule has 0 fully saturated rings. The van der Waals surface area contributed by atoms with Gasteiger partial charge in [-0.3, -0.25) is 4.79 Å². The average Bonchev–Trinajstić information content (AvgIpc) is 3.11. The van der Waals surface area contributed by atoms with Gasteiger partial charge in [0.25, 0.3) is 5.91 Å². The Morgan fingerprint density at radius 1 is 1.07 bits per heavy atom. The van der Waals surface area contributed by atoms with E-state index in [0.717, 1.165) is 34.7 Å². The lowest BCUT2D eigenvalue weighted by atomic mass is 10.1. The first-order chi connectivity index (χ1) is 14.2. The van der Waals surface area contributed by atoms with Crippen molar-refractivity contribution in [1.29, 1.82) is 0 Å². The Morgan fingerprint density at radius 2 is 1.93 bits per heavy atom. The van der Waals surface area contributed by atoms with Gasteiger partial charge in [0.1, 0.15) is 11.6 Å². The van der Waals surface area contributed by atoms with Gasteiger partial charge in [0.05, 0.1) is 16.7 Å². The van der Waals surface area contributed by atoms with Gasteiger partial charge in [-0.15, -0.1) is 0 Å². The van der Waals surface area contributed by atoms with E-state index in [1.807, 2.05) is 55.5 Å². The van der Waals surface area contributed by atoms with Gasteiger partial charge in [-0.1, -0.05) is 24.3 Å². The highest BCUT2D eigenvalue weighted by molar-refractivity contribution is 5.95. The van der Waals surface area contributed by atoms with Crippen LogP contribution in [0.5, 0.6) is 0 Å². The van der Waals surface area contributed by atoms with Crippen LogP contribution in [0.25, 0.3) is 22.3 Å². The number of aryl methyl sites for hydroxylation is 2. The number of rotatable bonds is 6. The summed E-state index contributed by atoms with van der Waals surface area (Å²) in [6, 6.07) is 17.4. The maximum atomic E-state index is 12.6. The Morgan fingerprint density at radius 3 is 2.76 bits per heavy atom. The number of hydrogen-bond acceptors (Lipinski definition) is 4. The first kappa shape index (κ1) is 18.8. The second-order valence-electron chi connectivity index (χ2n) is 6.84. The molecule has 1 amide bonds. The fourth-order valence-electron chi connectivity index (χ4n) is 3.50. The lowest BCUT2D eigenvalue weighted by Crippen LogP contribution is -2.26. The molecule has 0 aliphatic carbocycles. The summed E-state index contributed by atoms with van der Waals surface area (Å²) >= 11 is 0. The van der Waals surface area contributed by atoms with E-state index >= 15 is 0 Å². The van der Waals surface area contributed by atoms with Crippen LogP contribution < -0.4 is 5.32 Å². The number of benzene rings is 2. The first-order valence-corrected chi connectivity index (χ1v) is 9.78. The number of amides is 1. The molecular formula is C23H23N5O. The monoisotopic (exact) mass is 385 g/mol. The van der Waals surface area contributed by atoms with E-state index in [9.17, 15) is 4.79 Å². The van der Waals surface area contributed by atoms with Crippen molar-refractivity contribution in [2.45, 2.75) is 26.8 Å². The van der Waals surface area contributed by atoms with Gasteiger partial charge in [-0.25, -0.2) is 15.0 Å². The highest BCUT2D eigenvalue weighted by atomic mass is 16.1. The van der Waals surface area contributed by atoms with E-state index in [2.05, 4.69) is 32.8 Å². The first-order valence-electron chi connectivity index (χ1n) is 9.78. The van der Waals surface area contributed by atoms with Crippen LogP contribution >= 0.6 is 0 Å². The maximum Gasteiger partial charge on any atom is 0.251 e. The zero-order chi connectivity index (χ0) is 20.2. The summed E-state index contributed by atoms with van der Waals surface area (Å²) in [6.07, 6.45) is 2.41. The van der Waals surface area contributed by atoms with Gasteiger partial charge in [0, 0.05) is 36.8 Å². The fourth-order valence-corrected chi connectivity index (χ4v) is 3.50. The van der Waals surface area contributed by atoms with E-state index in [-0.39, 0.29) is 5.91 Å². The van der Waals surface area contributed by atoms with E-state index in [1.165, 1.54) is 0 Å². The highest BCUT2D eigenvalue weighted by Gasteiger charge is 2.11. The minimum atomic E-state index is -0.100. The van der Waals surface area contributed by atoms with Crippen LogP contribution in [-0.2, 0) is 13.0 Å². The predicted octanol–water partition coefficient (Wildman–Crippen LogP) is 3.79. The van der Waals surface area contributed by atoms with Crippen LogP contribution in [0.2, 0.25) is 0 Å². The molecular weight excluding hydrogens is 362 g/mol. The van der Waals surface area contributed by atoms with E-state index in [4.69, 9.17) is 4.98 Å². The zero-order valence-corrected chi connectivity index (χ0v) is 16.6. The second kappa shape index (κ2) is 8.22. The third-order valence-corrected chi connectivity index (χ3v) is 4.88. The molecule has 0 saturated heterocycles. The maximum absolute atomic E-state index is 12.6. The van der Waals surface area contributed by atoms with Crippen molar-refractivity contribution < 1.29 is 4.79 Å². The quantitative estimate of drug-likeness (QED) is 0.548. The molecule has 0 radical (unpaired) electrons. The van der Waals surface area contributed by atoms with Gasteiger partial charge < -0.3 is 9.88 Å². The molecule has 4 aromatic rings. The molecule has 2 heterocycles. The molecule has 0 bridgehead atoms. The Bertz CT molecular complexity index is 1160. The molecule has 6 heteroatoms. The predicted molar refractivity (Wildman–Crippen MR) is 114 cm³/mol. The van der Waals surface area contributed by atoms with Crippen molar-refractivity contribution in [2.75, 3.05) is 6.54 Å². The fraction of sp³-hybridized carbons (Fsp3) is 0.217. The van der Waals surface area contributed by atoms with E-state index < -0.39 is 0 Å². The van der Waals surface area contributed by atoms with Crippen molar-refractivity contribution in [3.63, 3.8) is 0 Å². The van der Waals surface area contributed by atoms with Crippen molar-refractivity contribution in [1.82, 2.24) is 24.8 Å². The molecule has 0 aliphatic rings. The van der Waals surface area contributed by atoms with Gasteiger partial charge in [-0.05, 0) is 44.2 Å². The second-order valence-corrected chi connectivity index (χ2v) is 6.84. The summed E-state index contributed by atoms with van der Waals surface area (Å²) in [7, 11) is 0. The normalized spacial score (nSPS) is 11.0. The summed E-state index contributed by atoms with van der Waals surface area (Å²) in [4.78, 5) is 25.9. The third-order valence-electron chi connectivity index (χ3n) is 4.88. The molecule has 29 heavy (non-hydrogen) atoms. The number of carbonyl (C=O) groups excluding carboxylic acids is 1. The summed E-state index contributed by atoms with van der Waals surface area (Å²) in [5.41, 5.74) is 4.44. The van der Waals surface area contributed by atoms with E-state index in [0.29, 0.717) is 24.4 Å². The zero-order valence-electron chi connectivity index (χ0n) is 16.6. The number of fused-ring (bicyclic) bond motifs is 1. The van der Waals surface area contributed by atoms with Gasteiger partial charge in [0.15, 0.2) is 0 Å². The summed E-state index contributed by atoms with van der Waals surface area (Å²) in [5, 5.41) is 3.01. The summed E-state index contributed by atoms with van der Waals surface area (Å²) in [6.45, 7) is 5.34. The van der Waals surface area contributed by atoms with Crippen molar-refractivity contribution in [3.05, 3.63) is 78.0 Å². The molecule has 0 unspecified atom stereocenters. The smallest absolute Gasteiger partial charge is 0.251 e. The number of carbonyl (C=O) groups is 1. The molecule has 0 atom stereocenters. The third kappa shape index (κ3) is 4.01. The highest BCUT2D eigenvalue weighted by Crippen LogP contribution is 2.18. The Hall–Kier alpha value is -3.54. The molecule has 0 saturated carbocycles. The molecule has 0 spiro atoms.